The summed E-state index contributed by atoms with van der Waals surface area (Å²) < 4.78 is 0. The molecule has 22 heavy (non-hydrogen) atoms. The Bertz CT molecular complexity index is 731. The standard InChI is InChI=1S/C16H18N4O2/c1-9-3-4-12(7-13(9)18-10(2)21)15(22)20-16-17-8-14(19-16)11-5-6-11/h3-4,7-8,11H,5-6H2,1-2H3,(H,18,21)(H2,17,19,20,22). The molecule has 6 nitrogen and oxygen atoms in total. The van der Waals surface area contributed by atoms with Crippen molar-refractivity contribution in [2.75, 3.05) is 10.6 Å². The zero-order valence-electron chi connectivity index (χ0n) is 12.6. The summed E-state index contributed by atoms with van der Waals surface area (Å²) in [5, 5.41) is 5.46. The van der Waals surface area contributed by atoms with Gasteiger partial charge in [-0.3, -0.25) is 14.9 Å². The molecule has 0 aliphatic heterocycles. The lowest BCUT2D eigenvalue weighted by Crippen LogP contribution is -2.14. The van der Waals surface area contributed by atoms with E-state index in [1.165, 1.54) is 19.8 Å². The van der Waals surface area contributed by atoms with Gasteiger partial charge in [-0.05, 0) is 37.5 Å². The van der Waals surface area contributed by atoms with E-state index in [4.69, 9.17) is 0 Å². The maximum absolute atomic E-state index is 12.3. The molecule has 0 radical (unpaired) electrons. The molecule has 2 aromatic rings. The Labute approximate surface area is 128 Å². The number of carbonyl (C=O) groups excluding carboxylic acids is 2. The summed E-state index contributed by atoms with van der Waals surface area (Å²) in [7, 11) is 0. The minimum Gasteiger partial charge on any atom is -0.328 e. The first kappa shape index (κ1) is 14.3. The molecule has 0 saturated heterocycles. The largest absolute Gasteiger partial charge is 0.328 e. The lowest BCUT2D eigenvalue weighted by molar-refractivity contribution is -0.114. The SMILES string of the molecule is CC(=O)Nc1cc(C(=O)Nc2ncc(C3CC3)[nH]2)ccc1C. The van der Waals surface area contributed by atoms with Gasteiger partial charge >= 0.3 is 0 Å². The maximum atomic E-state index is 12.3. The number of nitrogens with one attached hydrogen (secondary N) is 3. The van der Waals surface area contributed by atoms with Gasteiger partial charge in [-0.2, -0.15) is 0 Å². The van der Waals surface area contributed by atoms with Crippen molar-refractivity contribution in [3.05, 3.63) is 41.2 Å². The van der Waals surface area contributed by atoms with Crippen LogP contribution >= 0.6 is 0 Å². The Morgan fingerprint density at radius 1 is 1.27 bits per heavy atom. The quantitative estimate of drug-likeness (QED) is 0.811. The van der Waals surface area contributed by atoms with Gasteiger partial charge in [0.05, 0.1) is 6.20 Å². The lowest BCUT2D eigenvalue weighted by atomic mass is 10.1. The third kappa shape index (κ3) is 3.16. The van der Waals surface area contributed by atoms with E-state index in [-0.39, 0.29) is 11.8 Å². The molecule has 6 heteroatoms. The van der Waals surface area contributed by atoms with E-state index in [1.807, 2.05) is 6.92 Å². The summed E-state index contributed by atoms with van der Waals surface area (Å²) in [5.41, 5.74) is 3.08. The molecular weight excluding hydrogens is 280 g/mol. The molecule has 1 aromatic carbocycles. The smallest absolute Gasteiger partial charge is 0.258 e. The van der Waals surface area contributed by atoms with Crippen molar-refractivity contribution in [2.24, 2.45) is 0 Å². The van der Waals surface area contributed by atoms with Crippen LogP contribution in [-0.2, 0) is 4.79 Å². The second-order valence-corrected chi connectivity index (χ2v) is 5.63. The number of carbonyl (C=O) groups is 2. The number of anilines is 2. The zero-order chi connectivity index (χ0) is 15.7. The van der Waals surface area contributed by atoms with Crippen LogP contribution in [0, 0.1) is 6.92 Å². The fourth-order valence-electron chi connectivity index (χ4n) is 2.27. The van der Waals surface area contributed by atoms with Crippen LogP contribution < -0.4 is 10.6 Å². The molecule has 1 fully saturated rings. The van der Waals surface area contributed by atoms with Crippen LogP contribution in [0.4, 0.5) is 11.6 Å². The number of aryl methyl sites for hydroxylation is 1. The average Bonchev–Trinajstić information content (AvgIpc) is 3.21. The topological polar surface area (TPSA) is 86.9 Å². The number of nitrogens with zero attached hydrogens (tertiary/aromatic N) is 1. The number of hydrogen-bond donors (Lipinski definition) is 3. The molecular formula is C16H18N4O2. The monoisotopic (exact) mass is 298 g/mol. The molecule has 1 aromatic heterocycles. The van der Waals surface area contributed by atoms with Crippen LogP contribution in [0.3, 0.4) is 0 Å². The van der Waals surface area contributed by atoms with Crippen molar-refractivity contribution in [2.45, 2.75) is 32.6 Å². The molecule has 3 N–H and O–H groups in total. The number of benzene rings is 1. The summed E-state index contributed by atoms with van der Waals surface area (Å²) in [6.45, 7) is 3.32. The number of amides is 2. The number of rotatable bonds is 4. The van der Waals surface area contributed by atoms with Crippen molar-refractivity contribution in [3.8, 4) is 0 Å². The van der Waals surface area contributed by atoms with E-state index in [9.17, 15) is 9.59 Å². The number of aromatic amines is 1. The van der Waals surface area contributed by atoms with Gasteiger partial charge in [0.25, 0.3) is 5.91 Å². The van der Waals surface area contributed by atoms with Crippen LogP contribution in [0.25, 0.3) is 0 Å². The number of aromatic nitrogens is 2. The van der Waals surface area contributed by atoms with Gasteiger partial charge in [0.15, 0.2) is 0 Å². The molecule has 1 aliphatic rings. The highest BCUT2D eigenvalue weighted by atomic mass is 16.2. The minimum absolute atomic E-state index is 0.166. The Kier molecular flexibility index (Phi) is 3.66. The first-order valence-electron chi connectivity index (χ1n) is 7.27. The number of imidazole rings is 1. The molecule has 2 amide bonds. The molecule has 0 atom stereocenters. The third-order valence-electron chi connectivity index (χ3n) is 3.66. The summed E-state index contributed by atoms with van der Waals surface area (Å²) in [5.74, 6) is 0.585. The highest BCUT2D eigenvalue weighted by Crippen LogP contribution is 2.39. The Morgan fingerprint density at radius 3 is 2.73 bits per heavy atom. The first-order chi connectivity index (χ1) is 10.5. The van der Waals surface area contributed by atoms with Gasteiger partial charge in [-0.25, -0.2) is 4.98 Å². The second kappa shape index (κ2) is 5.63. The van der Waals surface area contributed by atoms with E-state index in [2.05, 4.69) is 20.6 Å². The second-order valence-electron chi connectivity index (χ2n) is 5.63. The van der Waals surface area contributed by atoms with E-state index >= 15 is 0 Å². The lowest BCUT2D eigenvalue weighted by Gasteiger charge is -2.09. The minimum atomic E-state index is -0.261. The Morgan fingerprint density at radius 2 is 2.05 bits per heavy atom. The van der Waals surface area contributed by atoms with E-state index < -0.39 is 0 Å². The summed E-state index contributed by atoms with van der Waals surface area (Å²) in [4.78, 5) is 30.8. The molecule has 1 saturated carbocycles. The fraction of sp³-hybridized carbons (Fsp3) is 0.312. The Hall–Kier alpha value is -2.63. The molecule has 0 spiro atoms. The summed E-state index contributed by atoms with van der Waals surface area (Å²) in [6.07, 6.45) is 4.12. The molecule has 0 unspecified atom stereocenters. The average molecular weight is 298 g/mol. The van der Waals surface area contributed by atoms with Crippen molar-refractivity contribution >= 4 is 23.5 Å². The van der Waals surface area contributed by atoms with Crippen molar-refractivity contribution < 1.29 is 9.59 Å². The highest BCUT2D eigenvalue weighted by Gasteiger charge is 2.25. The van der Waals surface area contributed by atoms with Crippen LogP contribution in [0.1, 0.15) is 47.3 Å². The molecule has 1 aliphatic carbocycles. The van der Waals surface area contributed by atoms with Gasteiger partial charge in [0, 0.05) is 29.8 Å². The van der Waals surface area contributed by atoms with Crippen molar-refractivity contribution in [1.29, 1.82) is 0 Å². The summed E-state index contributed by atoms with van der Waals surface area (Å²) >= 11 is 0. The highest BCUT2D eigenvalue weighted by molar-refractivity contribution is 6.04. The maximum Gasteiger partial charge on any atom is 0.258 e. The van der Waals surface area contributed by atoms with Crippen LogP contribution in [-0.4, -0.2) is 21.8 Å². The van der Waals surface area contributed by atoms with Gasteiger partial charge < -0.3 is 10.3 Å². The fourth-order valence-corrected chi connectivity index (χ4v) is 2.27. The third-order valence-corrected chi connectivity index (χ3v) is 3.66. The van der Waals surface area contributed by atoms with E-state index in [0.29, 0.717) is 23.1 Å². The normalized spacial score (nSPS) is 13.7. The van der Waals surface area contributed by atoms with E-state index in [0.717, 1.165) is 11.3 Å². The van der Waals surface area contributed by atoms with Gasteiger partial charge in [0.1, 0.15) is 0 Å². The van der Waals surface area contributed by atoms with Crippen LogP contribution in [0.5, 0.6) is 0 Å². The van der Waals surface area contributed by atoms with Crippen molar-refractivity contribution in [1.82, 2.24) is 9.97 Å². The molecule has 1 heterocycles. The first-order valence-corrected chi connectivity index (χ1v) is 7.27. The molecule has 0 bridgehead atoms. The van der Waals surface area contributed by atoms with E-state index in [1.54, 1.807) is 24.4 Å². The zero-order valence-corrected chi connectivity index (χ0v) is 12.6. The summed E-state index contributed by atoms with van der Waals surface area (Å²) in [6, 6.07) is 5.19. The molecule has 3 rings (SSSR count). The van der Waals surface area contributed by atoms with Crippen molar-refractivity contribution in [3.63, 3.8) is 0 Å². The van der Waals surface area contributed by atoms with Crippen LogP contribution in [0.2, 0.25) is 0 Å². The van der Waals surface area contributed by atoms with Gasteiger partial charge in [0.2, 0.25) is 11.9 Å². The van der Waals surface area contributed by atoms with Crippen LogP contribution in [0.15, 0.2) is 24.4 Å². The number of hydrogen-bond acceptors (Lipinski definition) is 3. The Balaban J connectivity index is 1.74. The molecule has 114 valence electrons. The van der Waals surface area contributed by atoms with Gasteiger partial charge in [-0.1, -0.05) is 6.07 Å². The van der Waals surface area contributed by atoms with Gasteiger partial charge in [-0.15, -0.1) is 0 Å². The predicted octanol–water partition coefficient (Wildman–Crippen LogP) is 2.81. The number of H-pyrrole nitrogens is 1. The predicted molar refractivity (Wildman–Crippen MR) is 84.0 cm³/mol.